The second kappa shape index (κ2) is 5.90. The third-order valence-electron chi connectivity index (χ3n) is 4.14. The lowest BCUT2D eigenvalue weighted by Crippen LogP contribution is -2.39. The first kappa shape index (κ1) is 14.9. The molecule has 0 bridgehead atoms. The maximum absolute atomic E-state index is 12.5. The van der Waals surface area contributed by atoms with E-state index in [1.807, 2.05) is 6.92 Å². The zero-order chi connectivity index (χ0) is 14.8. The number of nitrogens with one attached hydrogen (secondary N) is 1. The second-order valence-corrected chi connectivity index (χ2v) is 6.97. The Kier molecular flexibility index (Phi) is 4.41. The Balaban J connectivity index is 1.98. The van der Waals surface area contributed by atoms with Gasteiger partial charge >= 0.3 is 0 Å². The Hall–Kier alpha value is -1.45. The first-order valence-corrected chi connectivity index (χ1v) is 7.44. The molecule has 1 aromatic rings. The van der Waals surface area contributed by atoms with E-state index in [9.17, 15) is 4.79 Å². The topological polar surface area (TPSA) is 54.9 Å². The highest BCUT2D eigenvalue weighted by molar-refractivity contribution is 5.79. The molecule has 20 heavy (non-hydrogen) atoms. The van der Waals surface area contributed by atoms with Crippen molar-refractivity contribution in [2.45, 2.75) is 53.0 Å². The van der Waals surface area contributed by atoms with Gasteiger partial charge in [0.2, 0.25) is 5.91 Å². The molecule has 1 aliphatic rings. The molecule has 1 heterocycles. The molecule has 1 amide bonds. The van der Waals surface area contributed by atoms with Crippen molar-refractivity contribution in [3.63, 3.8) is 0 Å². The molecule has 0 aliphatic heterocycles. The van der Waals surface area contributed by atoms with Crippen LogP contribution in [-0.2, 0) is 4.79 Å². The van der Waals surface area contributed by atoms with Crippen LogP contribution in [-0.4, -0.2) is 15.9 Å². The largest absolute Gasteiger partial charge is 0.348 e. The SMILES string of the molecule is CC1CC(C(=O)N[C@H](C)c2cnccn2)CC(C)(C)C1. The van der Waals surface area contributed by atoms with Gasteiger partial charge in [0, 0.05) is 18.3 Å². The third kappa shape index (κ3) is 3.78. The lowest BCUT2D eigenvalue weighted by Gasteiger charge is -2.38. The average Bonchev–Trinajstić information content (AvgIpc) is 2.37. The van der Waals surface area contributed by atoms with Gasteiger partial charge < -0.3 is 5.32 Å². The van der Waals surface area contributed by atoms with Crippen LogP contribution in [0.4, 0.5) is 0 Å². The molecule has 1 aromatic heterocycles. The van der Waals surface area contributed by atoms with E-state index < -0.39 is 0 Å². The molecule has 4 heteroatoms. The monoisotopic (exact) mass is 275 g/mol. The van der Waals surface area contributed by atoms with E-state index >= 15 is 0 Å². The van der Waals surface area contributed by atoms with E-state index in [4.69, 9.17) is 0 Å². The van der Waals surface area contributed by atoms with E-state index in [0.29, 0.717) is 5.92 Å². The summed E-state index contributed by atoms with van der Waals surface area (Å²) >= 11 is 0. The van der Waals surface area contributed by atoms with Crippen LogP contribution < -0.4 is 5.32 Å². The van der Waals surface area contributed by atoms with E-state index in [1.165, 1.54) is 6.42 Å². The summed E-state index contributed by atoms with van der Waals surface area (Å²) < 4.78 is 0. The Morgan fingerprint density at radius 1 is 1.40 bits per heavy atom. The fraction of sp³-hybridized carbons (Fsp3) is 0.688. The molecule has 0 aromatic carbocycles. The van der Waals surface area contributed by atoms with Crippen molar-refractivity contribution >= 4 is 5.91 Å². The van der Waals surface area contributed by atoms with Gasteiger partial charge in [0.1, 0.15) is 0 Å². The van der Waals surface area contributed by atoms with Crippen molar-refractivity contribution in [2.75, 3.05) is 0 Å². The van der Waals surface area contributed by atoms with Gasteiger partial charge in [-0.1, -0.05) is 20.8 Å². The van der Waals surface area contributed by atoms with Crippen LogP contribution in [0.2, 0.25) is 0 Å². The minimum absolute atomic E-state index is 0.0865. The Labute approximate surface area is 121 Å². The van der Waals surface area contributed by atoms with Crippen LogP contribution in [0.25, 0.3) is 0 Å². The molecule has 4 nitrogen and oxygen atoms in total. The number of rotatable bonds is 3. The van der Waals surface area contributed by atoms with Gasteiger partial charge in [-0.15, -0.1) is 0 Å². The predicted octanol–water partition coefficient (Wildman–Crippen LogP) is 3.12. The molecule has 0 spiro atoms. The Morgan fingerprint density at radius 3 is 2.75 bits per heavy atom. The molecule has 1 fully saturated rings. The van der Waals surface area contributed by atoms with Crippen LogP contribution in [0.3, 0.4) is 0 Å². The Morgan fingerprint density at radius 2 is 2.15 bits per heavy atom. The number of nitrogens with zero attached hydrogens (tertiary/aromatic N) is 2. The summed E-state index contributed by atoms with van der Waals surface area (Å²) in [7, 11) is 0. The smallest absolute Gasteiger partial charge is 0.223 e. The van der Waals surface area contributed by atoms with Crippen molar-refractivity contribution in [3.05, 3.63) is 24.3 Å². The molecule has 1 N–H and O–H groups in total. The van der Waals surface area contributed by atoms with E-state index in [-0.39, 0.29) is 23.3 Å². The maximum atomic E-state index is 12.5. The standard InChI is InChI=1S/C16H25N3O/c1-11-7-13(9-16(3,4)8-11)15(20)19-12(2)14-10-17-5-6-18-14/h5-6,10-13H,7-9H2,1-4H3,(H,19,20)/t11?,12-,13?/m1/s1. The van der Waals surface area contributed by atoms with E-state index in [0.717, 1.165) is 18.5 Å². The summed E-state index contributed by atoms with van der Waals surface area (Å²) in [6.45, 7) is 8.72. The quantitative estimate of drug-likeness (QED) is 0.922. The van der Waals surface area contributed by atoms with Gasteiger partial charge in [0.25, 0.3) is 0 Å². The van der Waals surface area contributed by atoms with Crippen molar-refractivity contribution in [1.29, 1.82) is 0 Å². The average molecular weight is 275 g/mol. The van der Waals surface area contributed by atoms with Gasteiger partial charge in [-0.05, 0) is 37.5 Å². The number of aromatic nitrogens is 2. The van der Waals surface area contributed by atoms with Crippen molar-refractivity contribution < 1.29 is 4.79 Å². The third-order valence-corrected chi connectivity index (χ3v) is 4.14. The zero-order valence-corrected chi connectivity index (χ0v) is 12.9. The summed E-state index contributed by atoms with van der Waals surface area (Å²) in [6.07, 6.45) is 8.17. The highest BCUT2D eigenvalue weighted by Gasteiger charge is 2.35. The molecule has 0 radical (unpaired) electrons. The van der Waals surface area contributed by atoms with Crippen LogP contribution in [0.15, 0.2) is 18.6 Å². The summed E-state index contributed by atoms with van der Waals surface area (Å²) in [5.41, 5.74) is 1.07. The van der Waals surface area contributed by atoms with E-state index in [1.54, 1.807) is 18.6 Å². The number of hydrogen-bond acceptors (Lipinski definition) is 3. The first-order chi connectivity index (χ1) is 9.37. The van der Waals surface area contributed by atoms with Crippen LogP contribution in [0, 0.1) is 17.3 Å². The highest BCUT2D eigenvalue weighted by atomic mass is 16.1. The molecule has 2 unspecified atom stereocenters. The Bertz CT molecular complexity index is 458. The first-order valence-electron chi connectivity index (χ1n) is 7.44. The minimum Gasteiger partial charge on any atom is -0.348 e. The molecular weight excluding hydrogens is 250 g/mol. The van der Waals surface area contributed by atoms with Gasteiger partial charge in [-0.25, -0.2) is 0 Å². The summed E-state index contributed by atoms with van der Waals surface area (Å²) in [5, 5.41) is 3.08. The summed E-state index contributed by atoms with van der Waals surface area (Å²) in [5.74, 6) is 0.886. The number of hydrogen-bond donors (Lipinski definition) is 1. The van der Waals surface area contributed by atoms with Crippen LogP contribution in [0.5, 0.6) is 0 Å². The highest BCUT2D eigenvalue weighted by Crippen LogP contribution is 2.41. The van der Waals surface area contributed by atoms with Crippen LogP contribution >= 0.6 is 0 Å². The molecular formula is C16H25N3O. The summed E-state index contributed by atoms with van der Waals surface area (Å²) in [6, 6.07) is -0.0865. The van der Waals surface area contributed by atoms with Crippen molar-refractivity contribution in [3.8, 4) is 0 Å². The lowest BCUT2D eigenvalue weighted by molar-refractivity contribution is -0.128. The van der Waals surface area contributed by atoms with Gasteiger partial charge in [-0.3, -0.25) is 14.8 Å². The maximum Gasteiger partial charge on any atom is 0.223 e. The number of amides is 1. The van der Waals surface area contributed by atoms with Gasteiger partial charge in [0.05, 0.1) is 17.9 Å². The minimum atomic E-state index is -0.0865. The zero-order valence-electron chi connectivity index (χ0n) is 12.9. The lowest BCUT2D eigenvalue weighted by atomic mass is 9.68. The molecule has 2 rings (SSSR count). The molecule has 0 saturated heterocycles. The number of carbonyl (C=O) groups excluding carboxylic acids is 1. The van der Waals surface area contributed by atoms with Crippen molar-refractivity contribution in [2.24, 2.45) is 17.3 Å². The van der Waals surface area contributed by atoms with Crippen molar-refractivity contribution in [1.82, 2.24) is 15.3 Å². The molecule has 1 saturated carbocycles. The predicted molar refractivity (Wildman–Crippen MR) is 78.9 cm³/mol. The number of carbonyl (C=O) groups is 1. The van der Waals surface area contributed by atoms with Gasteiger partial charge in [-0.2, -0.15) is 0 Å². The summed E-state index contributed by atoms with van der Waals surface area (Å²) in [4.78, 5) is 20.7. The molecule has 110 valence electrons. The second-order valence-electron chi connectivity index (χ2n) is 6.97. The van der Waals surface area contributed by atoms with E-state index in [2.05, 4.69) is 36.1 Å². The molecule has 1 aliphatic carbocycles. The molecule has 3 atom stereocenters. The van der Waals surface area contributed by atoms with Gasteiger partial charge in [0.15, 0.2) is 0 Å². The van der Waals surface area contributed by atoms with Crippen LogP contribution in [0.1, 0.15) is 58.7 Å². The normalized spacial score (nSPS) is 26.8. The fourth-order valence-corrected chi connectivity index (χ4v) is 3.49. The fourth-order valence-electron chi connectivity index (χ4n) is 3.49.